The van der Waals surface area contributed by atoms with Crippen molar-refractivity contribution in [3.8, 4) is 0 Å². The van der Waals surface area contributed by atoms with Gasteiger partial charge < -0.3 is 10.2 Å². The lowest BCUT2D eigenvalue weighted by Gasteiger charge is -2.01. The minimum atomic E-state index is -0.833. The number of carboxylic acids is 1. The SMILES string of the molecule is CC(=O)O.CCCCCCCCCCCCC=C(C)O. The van der Waals surface area contributed by atoms with E-state index in [9.17, 15) is 0 Å². The van der Waals surface area contributed by atoms with Crippen molar-refractivity contribution in [1.82, 2.24) is 0 Å². The molecular weight excluding hydrogens is 252 g/mol. The number of hydrogen-bond acceptors (Lipinski definition) is 2. The molecule has 0 aliphatic rings. The van der Waals surface area contributed by atoms with Gasteiger partial charge in [-0.3, -0.25) is 4.79 Å². The second-order valence-corrected chi connectivity index (χ2v) is 5.34. The number of carboxylic acid groups (broad SMARTS) is 1. The Hall–Kier alpha value is -0.990. The molecule has 0 aromatic heterocycles. The normalized spacial score (nSPS) is 10.8. The maximum Gasteiger partial charge on any atom is 0.300 e. The minimum Gasteiger partial charge on any atom is -0.513 e. The molecule has 0 heterocycles. The van der Waals surface area contributed by atoms with E-state index in [1.165, 1.54) is 64.2 Å². The smallest absolute Gasteiger partial charge is 0.300 e. The van der Waals surface area contributed by atoms with Crippen LogP contribution in [0.15, 0.2) is 11.8 Å². The third-order valence-electron chi connectivity index (χ3n) is 3.00. The van der Waals surface area contributed by atoms with Crippen LogP contribution in [0.5, 0.6) is 0 Å². The molecule has 0 bridgehead atoms. The first-order valence-corrected chi connectivity index (χ1v) is 8.06. The van der Waals surface area contributed by atoms with E-state index in [1.54, 1.807) is 6.92 Å². The van der Waals surface area contributed by atoms with Gasteiger partial charge in [-0.2, -0.15) is 0 Å². The zero-order valence-electron chi connectivity index (χ0n) is 13.7. The second-order valence-electron chi connectivity index (χ2n) is 5.34. The maximum absolute atomic E-state index is 9.00. The average molecular weight is 286 g/mol. The largest absolute Gasteiger partial charge is 0.513 e. The van der Waals surface area contributed by atoms with Crippen molar-refractivity contribution in [1.29, 1.82) is 0 Å². The first-order chi connectivity index (χ1) is 9.50. The molecule has 0 aromatic carbocycles. The van der Waals surface area contributed by atoms with E-state index in [0.29, 0.717) is 5.76 Å². The molecule has 2 N–H and O–H groups in total. The molecule has 20 heavy (non-hydrogen) atoms. The van der Waals surface area contributed by atoms with E-state index >= 15 is 0 Å². The second kappa shape index (κ2) is 18.0. The maximum atomic E-state index is 9.00. The van der Waals surface area contributed by atoms with Crippen molar-refractivity contribution >= 4 is 5.97 Å². The number of aliphatic hydroxyl groups is 1. The van der Waals surface area contributed by atoms with Crippen LogP contribution in [-0.2, 0) is 4.79 Å². The van der Waals surface area contributed by atoms with Gasteiger partial charge in [0.15, 0.2) is 0 Å². The van der Waals surface area contributed by atoms with Crippen LogP contribution in [0.1, 0.15) is 91.4 Å². The summed E-state index contributed by atoms with van der Waals surface area (Å²) in [5.41, 5.74) is 0. The van der Waals surface area contributed by atoms with Crippen LogP contribution in [-0.4, -0.2) is 16.2 Å². The monoisotopic (exact) mass is 286 g/mol. The fourth-order valence-electron chi connectivity index (χ4n) is 1.94. The third kappa shape index (κ3) is 30.2. The highest BCUT2D eigenvalue weighted by Crippen LogP contribution is 2.11. The summed E-state index contributed by atoms with van der Waals surface area (Å²) in [4.78, 5) is 9.00. The van der Waals surface area contributed by atoms with Crippen LogP contribution in [0.3, 0.4) is 0 Å². The Balaban J connectivity index is 0. The summed E-state index contributed by atoms with van der Waals surface area (Å²) >= 11 is 0. The highest BCUT2D eigenvalue weighted by atomic mass is 16.4. The van der Waals surface area contributed by atoms with Crippen molar-refractivity contribution in [2.45, 2.75) is 91.4 Å². The number of carbonyl (C=O) groups is 1. The van der Waals surface area contributed by atoms with Crippen LogP contribution in [0.2, 0.25) is 0 Å². The van der Waals surface area contributed by atoms with Gasteiger partial charge in [0.2, 0.25) is 0 Å². The lowest BCUT2D eigenvalue weighted by molar-refractivity contribution is -0.134. The number of aliphatic carboxylic acids is 1. The van der Waals surface area contributed by atoms with Crippen molar-refractivity contribution in [2.24, 2.45) is 0 Å². The minimum absolute atomic E-state index is 0.468. The molecule has 0 aliphatic carbocycles. The molecule has 0 fully saturated rings. The molecule has 0 radical (unpaired) electrons. The molecule has 0 atom stereocenters. The third-order valence-corrected chi connectivity index (χ3v) is 3.00. The molecule has 0 saturated heterocycles. The predicted octanol–water partition coefficient (Wildman–Crippen LogP) is 5.85. The van der Waals surface area contributed by atoms with Crippen molar-refractivity contribution < 1.29 is 15.0 Å². The van der Waals surface area contributed by atoms with E-state index in [0.717, 1.165) is 13.3 Å². The fraction of sp³-hybridized carbons (Fsp3) is 0.824. The highest BCUT2D eigenvalue weighted by molar-refractivity contribution is 5.62. The summed E-state index contributed by atoms with van der Waals surface area (Å²) in [7, 11) is 0. The van der Waals surface area contributed by atoms with Gasteiger partial charge in [-0.1, -0.05) is 64.7 Å². The molecular formula is C17H34O3. The van der Waals surface area contributed by atoms with Crippen LogP contribution in [0.25, 0.3) is 0 Å². The van der Waals surface area contributed by atoms with E-state index in [2.05, 4.69) is 6.92 Å². The highest BCUT2D eigenvalue weighted by Gasteiger charge is 1.92. The zero-order chi connectivity index (χ0) is 15.6. The lowest BCUT2D eigenvalue weighted by Crippen LogP contribution is -1.81. The molecule has 0 unspecified atom stereocenters. The molecule has 0 amide bonds. The molecule has 0 saturated carbocycles. The summed E-state index contributed by atoms with van der Waals surface area (Å²) in [6.45, 7) is 5.10. The standard InChI is InChI=1S/C15H30O.C2H4O2/c1-3-4-5-6-7-8-9-10-11-12-13-14-15(2)16;1-2(3)4/h14,16H,3-13H2,1-2H3;1H3,(H,3,4). The van der Waals surface area contributed by atoms with Crippen LogP contribution in [0, 0.1) is 0 Å². The molecule has 120 valence electrons. The molecule has 0 spiro atoms. The Labute approximate surface area is 125 Å². The zero-order valence-corrected chi connectivity index (χ0v) is 13.7. The quantitative estimate of drug-likeness (QED) is 0.370. The average Bonchev–Trinajstić information content (AvgIpc) is 2.35. The van der Waals surface area contributed by atoms with Gasteiger partial charge in [0.05, 0.1) is 5.76 Å². The van der Waals surface area contributed by atoms with Gasteiger partial charge in [0, 0.05) is 6.92 Å². The van der Waals surface area contributed by atoms with E-state index < -0.39 is 5.97 Å². The fourth-order valence-corrected chi connectivity index (χ4v) is 1.94. The molecule has 3 heteroatoms. The Morgan fingerprint density at radius 1 is 0.800 bits per heavy atom. The lowest BCUT2D eigenvalue weighted by atomic mass is 10.1. The Kier molecular flexibility index (Phi) is 19.2. The summed E-state index contributed by atoms with van der Waals surface area (Å²) in [5, 5.41) is 16.4. The van der Waals surface area contributed by atoms with Crippen molar-refractivity contribution in [2.75, 3.05) is 0 Å². The van der Waals surface area contributed by atoms with Crippen LogP contribution in [0.4, 0.5) is 0 Å². The number of allylic oxidation sites excluding steroid dienone is 2. The van der Waals surface area contributed by atoms with Gasteiger partial charge in [0.25, 0.3) is 5.97 Å². The van der Waals surface area contributed by atoms with Crippen molar-refractivity contribution in [3.05, 3.63) is 11.8 Å². The Morgan fingerprint density at radius 2 is 1.15 bits per heavy atom. The first kappa shape index (κ1) is 21.3. The number of aliphatic hydroxyl groups excluding tert-OH is 1. The van der Waals surface area contributed by atoms with E-state index in [-0.39, 0.29) is 0 Å². The molecule has 0 rings (SSSR count). The van der Waals surface area contributed by atoms with Gasteiger partial charge in [-0.25, -0.2) is 0 Å². The number of hydrogen-bond donors (Lipinski definition) is 2. The predicted molar refractivity (Wildman–Crippen MR) is 86.2 cm³/mol. The van der Waals surface area contributed by atoms with Crippen molar-refractivity contribution in [3.63, 3.8) is 0 Å². The van der Waals surface area contributed by atoms with Gasteiger partial charge >= 0.3 is 0 Å². The summed E-state index contributed by atoms with van der Waals surface area (Å²) in [6.07, 6.45) is 16.7. The molecule has 0 aromatic rings. The topological polar surface area (TPSA) is 57.5 Å². The van der Waals surface area contributed by atoms with Gasteiger partial charge in [-0.15, -0.1) is 0 Å². The summed E-state index contributed by atoms with van der Waals surface area (Å²) in [6, 6.07) is 0. The van der Waals surface area contributed by atoms with Crippen LogP contribution >= 0.6 is 0 Å². The van der Waals surface area contributed by atoms with Crippen LogP contribution < -0.4 is 0 Å². The van der Waals surface area contributed by atoms with E-state index in [4.69, 9.17) is 15.0 Å². The first-order valence-electron chi connectivity index (χ1n) is 8.06. The van der Waals surface area contributed by atoms with Gasteiger partial charge in [0.1, 0.15) is 0 Å². The van der Waals surface area contributed by atoms with Gasteiger partial charge in [-0.05, 0) is 25.8 Å². The van der Waals surface area contributed by atoms with E-state index in [1.807, 2.05) is 6.08 Å². The Bertz CT molecular complexity index is 226. The summed E-state index contributed by atoms with van der Waals surface area (Å²) < 4.78 is 0. The summed E-state index contributed by atoms with van der Waals surface area (Å²) in [5.74, 6) is -0.365. The molecule has 3 nitrogen and oxygen atoms in total. The molecule has 0 aliphatic heterocycles. The number of unbranched alkanes of at least 4 members (excludes halogenated alkanes) is 10. The number of rotatable bonds is 11. The Morgan fingerprint density at radius 3 is 1.50 bits per heavy atom.